The van der Waals surface area contributed by atoms with Gasteiger partial charge in [0.25, 0.3) is 0 Å². The van der Waals surface area contributed by atoms with Gasteiger partial charge in [-0.05, 0) is 26.3 Å². The lowest BCUT2D eigenvalue weighted by molar-refractivity contribution is 0.242. The summed E-state index contributed by atoms with van der Waals surface area (Å²) in [5.41, 5.74) is 11.6. The quantitative estimate of drug-likeness (QED) is 0.933. The summed E-state index contributed by atoms with van der Waals surface area (Å²) in [4.78, 5) is 0. The van der Waals surface area contributed by atoms with Crippen molar-refractivity contribution in [3.63, 3.8) is 0 Å². The van der Waals surface area contributed by atoms with Gasteiger partial charge in [0.1, 0.15) is 11.9 Å². The van der Waals surface area contributed by atoms with Crippen LogP contribution in [0.3, 0.4) is 0 Å². The Balaban J connectivity index is 2.14. The molecule has 1 aliphatic heterocycles. The van der Waals surface area contributed by atoms with Gasteiger partial charge in [-0.1, -0.05) is 18.2 Å². The summed E-state index contributed by atoms with van der Waals surface area (Å²) in [6.07, 6.45) is 1.01. The van der Waals surface area contributed by atoms with Crippen molar-refractivity contribution >= 4 is 0 Å². The van der Waals surface area contributed by atoms with Crippen LogP contribution in [0.1, 0.15) is 23.9 Å². The van der Waals surface area contributed by atoms with Gasteiger partial charge in [-0.25, -0.2) is 0 Å². The number of fused-ring (bicyclic) bond motifs is 1. The van der Waals surface area contributed by atoms with Crippen LogP contribution in [0.4, 0.5) is 0 Å². The predicted molar refractivity (Wildman–Crippen MR) is 80.0 cm³/mol. The molecule has 4 heteroatoms. The molecule has 1 aliphatic rings. The molecule has 0 saturated carbocycles. The highest BCUT2D eigenvalue weighted by molar-refractivity contribution is 5.76. The zero-order valence-electron chi connectivity index (χ0n) is 12.3. The van der Waals surface area contributed by atoms with Crippen molar-refractivity contribution in [3.8, 4) is 16.9 Å². The van der Waals surface area contributed by atoms with Crippen LogP contribution in [0.2, 0.25) is 0 Å². The van der Waals surface area contributed by atoms with Gasteiger partial charge in [0.05, 0.1) is 5.69 Å². The van der Waals surface area contributed by atoms with Crippen LogP contribution in [0.5, 0.6) is 5.75 Å². The summed E-state index contributed by atoms with van der Waals surface area (Å²) >= 11 is 0. The van der Waals surface area contributed by atoms with Crippen LogP contribution in [0.15, 0.2) is 18.2 Å². The molecule has 4 nitrogen and oxygen atoms in total. The molecule has 0 radical (unpaired) electrons. The average Bonchev–Trinajstić information content (AvgIpc) is 2.99. The molecule has 3 rings (SSSR count). The summed E-state index contributed by atoms with van der Waals surface area (Å²) < 4.78 is 8.07. The Morgan fingerprint density at radius 3 is 2.85 bits per heavy atom. The molecular weight excluding hydrogens is 250 g/mol. The molecule has 0 saturated heterocycles. The number of aromatic nitrogens is 2. The van der Waals surface area contributed by atoms with Gasteiger partial charge >= 0.3 is 0 Å². The lowest BCUT2D eigenvalue weighted by Crippen LogP contribution is -2.24. The summed E-state index contributed by atoms with van der Waals surface area (Å²) in [6.45, 7) is 7.73. The second-order valence-corrected chi connectivity index (χ2v) is 5.34. The summed E-state index contributed by atoms with van der Waals surface area (Å²) in [5.74, 6) is 0.991. The van der Waals surface area contributed by atoms with E-state index in [4.69, 9.17) is 10.5 Å². The molecule has 20 heavy (non-hydrogen) atoms. The van der Waals surface area contributed by atoms with Crippen molar-refractivity contribution in [2.75, 3.05) is 6.54 Å². The number of para-hydroxylation sites is 1. The van der Waals surface area contributed by atoms with Gasteiger partial charge in [-0.2, -0.15) is 5.10 Å². The molecule has 0 amide bonds. The third kappa shape index (κ3) is 1.91. The Hall–Kier alpha value is -1.81. The minimum absolute atomic E-state index is 0.105. The minimum atomic E-state index is 0.105. The van der Waals surface area contributed by atoms with E-state index in [0.717, 1.165) is 30.0 Å². The smallest absolute Gasteiger partial charge is 0.131 e. The number of nitrogens with zero attached hydrogens (tertiary/aromatic N) is 2. The van der Waals surface area contributed by atoms with Crippen molar-refractivity contribution in [1.29, 1.82) is 0 Å². The summed E-state index contributed by atoms with van der Waals surface area (Å²) in [5, 5.41) is 4.61. The first-order chi connectivity index (χ1) is 9.65. The van der Waals surface area contributed by atoms with Crippen molar-refractivity contribution in [1.82, 2.24) is 9.78 Å². The SMILES string of the molecule is CCn1nc(C)c(-c2cccc3c2O[C@H](CN)C3)c1C. The average molecular weight is 271 g/mol. The number of benzene rings is 1. The largest absolute Gasteiger partial charge is 0.488 e. The molecule has 0 aliphatic carbocycles. The van der Waals surface area contributed by atoms with Crippen molar-refractivity contribution in [2.45, 2.75) is 39.8 Å². The van der Waals surface area contributed by atoms with E-state index >= 15 is 0 Å². The zero-order chi connectivity index (χ0) is 14.3. The molecule has 0 spiro atoms. The number of aryl methyl sites for hydroxylation is 2. The third-order valence-corrected chi connectivity index (χ3v) is 4.04. The second kappa shape index (κ2) is 4.94. The van der Waals surface area contributed by atoms with Crippen molar-refractivity contribution in [2.24, 2.45) is 5.73 Å². The Kier molecular flexibility index (Phi) is 3.26. The molecule has 0 fully saturated rings. The van der Waals surface area contributed by atoms with Gasteiger partial charge in [0.15, 0.2) is 0 Å². The van der Waals surface area contributed by atoms with Crippen molar-refractivity contribution < 1.29 is 4.74 Å². The van der Waals surface area contributed by atoms with E-state index in [9.17, 15) is 0 Å². The Labute approximate surface area is 119 Å². The lowest BCUT2D eigenvalue weighted by atomic mass is 9.99. The molecule has 106 valence electrons. The van der Waals surface area contributed by atoms with Gasteiger partial charge < -0.3 is 10.5 Å². The highest BCUT2D eigenvalue weighted by Gasteiger charge is 2.26. The molecule has 2 heterocycles. The fourth-order valence-electron chi connectivity index (χ4n) is 3.06. The fourth-order valence-corrected chi connectivity index (χ4v) is 3.06. The maximum atomic E-state index is 6.03. The highest BCUT2D eigenvalue weighted by atomic mass is 16.5. The number of rotatable bonds is 3. The number of ether oxygens (including phenoxy) is 1. The fraction of sp³-hybridized carbons (Fsp3) is 0.438. The normalized spacial score (nSPS) is 17.1. The van der Waals surface area contributed by atoms with Crippen LogP contribution < -0.4 is 10.5 Å². The maximum absolute atomic E-state index is 6.03. The predicted octanol–water partition coefficient (Wildman–Crippen LogP) is 2.45. The van der Waals surface area contributed by atoms with Gasteiger partial charge in [-0.3, -0.25) is 4.68 Å². The van der Waals surface area contributed by atoms with Crippen LogP contribution in [0, 0.1) is 13.8 Å². The lowest BCUT2D eigenvalue weighted by Gasteiger charge is -2.11. The molecule has 0 unspecified atom stereocenters. The van der Waals surface area contributed by atoms with Crippen LogP contribution in [-0.2, 0) is 13.0 Å². The van der Waals surface area contributed by atoms with E-state index in [0.29, 0.717) is 6.54 Å². The monoisotopic (exact) mass is 271 g/mol. The van der Waals surface area contributed by atoms with Gasteiger partial charge in [0, 0.05) is 36.3 Å². The van der Waals surface area contributed by atoms with Crippen LogP contribution in [0.25, 0.3) is 11.1 Å². The number of hydrogen-bond acceptors (Lipinski definition) is 3. The maximum Gasteiger partial charge on any atom is 0.131 e. The van der Waals surface area contributed by atoms with Gasteiger partial charge in [0.2, 0.25) is 0 Å². The minimum Gasteiger partial charge on any atom is -0.488 e. The standard InChI is InChI=1S/C16H21N3O/c1-4-19-11(3)15(10(2)18-19)14-7-5-6-12-8-13(9-17)20-16(12)14/h5-7,13H,4,8-9,17H2,1-3H3/t13-/m0/s1. The molecule has 2 N–H and O–H groups in total. The number of nitrogens with two attached hydrogens (primary N) is 1. The molecule has 1 aromatic heterocycles. The molecular formula is C16H21N3O. The second-order valence-electron chi connectivity index (χ2n) is 5.34. The van der Waals surface area contributed by atoms with E-state index in [1.165, 1.54) is 16.8 Å². The number of hydrogen-bond donors (Lipinski definition) is 1. The van der Waals surface area contributed by atoms with Crippen LogP contribution >= 0.6 is 0 Å². The molecule has 1 atom stereocenters. The molecule has 2 aromatic rings. The van der Waals surface area contributed by atoms with Crippen molar-refractivity contribution in [3.05, 3.63) is 35.2 Å². The highest BCUT2D eigenvalue weighted by Crippen LogP contribution is 2.40. The first-order valence-electron chi connectivity index (χ1n) is 7.18. The topological polar surface area (TPSA) is 53.1 Å². The van der Waals surface area contributed by atoms with Gasteiger partial charge in [-0.15, -0.1) is 0 Å². The molecule has 1 aromatic carbocycles. The first kappa shape index (κ1) is 13.2. The Morgan fingerprint density at radius 1 is 1.40 bits per heavy atom. The van der Waals surface area contributed by atoms with E-state index in [-0.39, 0.29) is 6.10 Å². The van der Waals surface area contributed by atoms with Crippen LogP contribution in [-0.4, -0.2) is 22.4 Å². The van der Waals surface area contributed by atoms with E-state index in [2.05, 4.69) is 44.1 Å². The van der Waals surface area contributed by atoms with E-state index < -0.39 is 0 Å². The van der Waals surface area contributed by atoms with E-state index in [1.807, 2.05) is 4.68 Å². The Bertz CT molecular complexity index is 645. The third-order valence-electron chi connectivity index (χ3n) is 4.04. The zero-order valence-corrected chi connectivity index (χ0v) is 12.3. The first-order valence-corrected chi connectivity index (χ1v) is 7.18. The Morgan fingerprint density at radius 2 is 2.20 bits per heavy atom. The summed E-state index contributed by atoms with van der Waals surface area (Å²) in [6, 6.07) is 6.34. The van der Waals surface area contributed by atoms with E-state index in [1.54, 1.807) is 0 Å². The summed E-state index contributed by atoms with van der Waals surface area (Å²) in [7, 11) is 0. The molecule has 0 bridgehead atoms.